The lowest BCUT2D eigenvalue weighted by molar-refractivity contribution is -0.0516. The molecule has 1 rings (SSSR count). The summed E-state index contributed by atoms with van der Waals surface area (Å²) in [6, 6.07) is 3.77. The van der Waals surface area contributed by atoms with Crippen LogP contribution in [0.15, 0.2) is 23.1 Å². The van der Waals surface area contributed by atoms with Gasteiger partial charge in [0.1, 0.15) is 4.90 Å². The minimum absolute atomic E-state index is 0.168. The van der Waals surface area contributed by atoms with E-state index in [-0.39, 0.29) is 9.92 Å². The Labute approximate surface area is 90.5 Å². The van der Waals surface area contributed by atoms with E-state index in [9.17, 15) is 17.2 Å². The van der Waals surface area contributed by atoms with Crippen LogP contribution in [0.25, 0.3) is 0 Å². The fraction of sp³-hybridized carbons (Fsp3) is 0.250. The molecule has 0 aromatic heterocycles. The summed E-state index contributed by atoms with van der Waals surface area (Å²) in [5.74, 6) is -0.517. The molecule has 15 heavy (non-hydrogen) atoms. The average molecular weight is 257 g/mol. The van der Waals surface area contributed by atoms with Gasteiger partial charge in [0.25, 0.3) is 0 Å². The number of hydrogen-bond donors (Lipinski definition) is 0. The molecule has 0 atom stereocenters. The third-order valence-corrected chi connectivity index (χ3v) is 2.96. The van der Waals surface area contributed by atoms with Gasteiger partial charge in [-0.3, -0.25) is 0 Å². The van der Waals surface area contributed by atoms with Crippen LogP contribution in [0.2, 0.25) is 5.02 Å². The van der Waals surface area contributed by atoms with Crippen LogP contribution in [-0.2, 0) is 9.84 Å². The zero-order chi connectivity index (χ0) is 11.6. The van der Waals surface area contributed by atoms with Gasteiger partial charge >= 0.3 is 6.61 Å². The van der Waals surface area contributed by atoms with Gasteiger partial charge in [0, 0.05) is 6.26 Å². The van der Waals surface area contributed by atoms with E-state index in [1.54, 1.807) is 0 Å². The molecular formula is C8H7ClF2O3S. The Morgan fingerprint density at radius 2 is 2.00 bits per heavy atom. The number of ether oxygens (including phenoxy) is 1. The van der Waals surface area contributed by atoms with Crippen LogP contribution in [0, 0.1) is 0 Å². The summed E-state index contributed by atoms with van der Waals surface area (Å²) in [5.41, 5.74) is 0. The summed E-state index contributed by atoms with van der Waals surface area (Å²) < 4.78 is 50.5. The quantitative estimate of drug-likeness (QED) is 0.834. The predicted octanol–water partition coefficient (Wildman–Crippen LogP) is 2.34. The molecule has 0 saturated heterocycles. The first kappa shape index (κ1) is 12.2. The zero-order valence-electron chi connectivity index (χ0n) is 7.58. The topological polar surface area (TPSA) is 43.4 Å². The molecular weight excluding hydrogens is 250 g/mol. The van der Waals surface area contributed by atoms with Crippen molar-refractivity contribution in [2.45, 2.75) is 11.5 Å². The Hall–Kier alpha value is -0.880. The maximum Gasteiger partial charge on any atom is 0.387 e. The molecule has 0 spiro atoms. The van der Waals surface area contributed by atoms with E-state index in [0.29, 0.717) is 0 Å². The highest BCUT2D eigenvalue weighted by Gasteiger charge is 2.19. The van der Waals surface area contributed by atoms with Gasteiger partial charge in [0.15, 0.2) is 15.6 Å². The second kappa shape index (κ2) is 4.32. The van der Waals surface area contributed by atoms with Crippen molar-refractivity contribution in [1.82, 2.24) is 0 Å². The van der Waals surface area contributed by atoms with Crippen molar-refractivity contribution >= 4 is 21.4 Å². The van der Waals surface area contributed by atoms with Gasteiger partial charge in [-0.05, 0) is 12.1 Å². The summed E-state index contributed by atoms with van der Waals surface area (Å²) in [6.45, 7) is -3.12. The number of para-hydroxylation sites is 1. The normalized spacial score (nSPS) is 11.8. The number of alkyl halides is 2. The van der Waals surface area contributed by atoms with Gasteiger partial charge < -0.3 is 4.74 Å². The van der Waals surface area contributed by atoms with Crippen molar-refractivity contribution < 1.29 is 21.9 Å². The molecule has 0 aliphatic rings. The summed E-state index contributed by atoms with van der Waals surface area (Å²) in [5, 5.41) is -0.168. The van der Waals surface area contributed by atoms with Crippen LogP contribution < -0.4 is 4.74 Å². The molecule has 0 unspecified atom stereocenters. The second-order valence-corrected chi connectivity index (χ2v) is 5.11. The van der Waals surface area contributed by atoms with E-state index in [4.69, 9.17) is 11.6 Å². The van der Waals surface area contributed by atoms with Crippen molar-refractivity contribution in [2.24, 2.45) is 0 Å². The highest BCUT2D eigenvalue weighted by molar-refractivity contribution is 7.90. The lowest BCUT2D eigenvalue weighted by atomic mass is 10.3. The molecule has 7 heteroatoms. The standard InChI is InChI=1S/C8H7ClF2O3S/c1-15(12,13)6-4-2-3-5(9)7(6)14-8(10)11/h2-4,8H,1H3. The molecule has 0 amide bonds. The van der Waals surface area contributed by atoms with E-state index in [2.05, 4.69) is 4.74 Å². The molecule has 0 aliphatic carbocycles. The zero-order valence-corrected chi connectivity index (χ0v) is 9.15. The summed E-state index contributed by atoms with van der Waals surface area (Å²) >= 11 is 5.56. The molecule has 1 aromatic rings. The molecule has 0 N–H and O–H groups in total. The van der Waals surface area contributed by atoms with Gasteiger partial charge in [-0.2, -0.15) is 8.78 Å². The predicted molar refractivity (Wildman–Crippen MR) is 51.2 cm³/mol. The largest absolute Gasteiger partial charge is 0.432 e. The second-order valence-electron chi connectivity index (χ2n) is 2.72. The molecule has 0 bridgehead atoms. The van der Waals surface area contributed by atoms with E-state index < -0.39 is 22.2 Å². The van der Waals surface area contributed by atoms with Crippen molar-refractivity contribution in [3.8, 4) is 5.75 Å². The van der Waals surface area contributed by atoms with Gasteiger partial charge in [-0.25, -0.2) is 8.42 Å². The molecule has 0 aliphatic heterocycles. The van der Waals surface area contributed by atoms with Gasteiger partial charge in [0.2, 0.25) is 0 Å². The molecule has 84 valence electrons. The molecule has 3 nitrogen and oxygen atoms in total. The summed E-state index contributed by atoms with van der Waals surface area (Å²) in [7, 11) is -3.64. The van der Waals surface area contributed by atoms with Crippen LogP contribution in [-0.4, -0.2) is 21.3 Å². The Balaban J connectivity index is 3.33. The Kier molecular flexibility index (Phi) is 3.51. The highest BCUT2D eigenvalue weighted by Crippen LogP contribution is 2.32. The molecule has 0 heterocycles. The summed E-state index contributed by atoms with van der Waals surface area (Å²) in [4.78, 5) is -0.352. The van der Waals surface area contributed by atoms with Crippen molar-refractivity contribution in [2.75, 3.05) is 6.26 Å². The minimum Gasteiger partial charge on any atom is -0.432 e. The Morgan fingerprint density at radius 1 is 1.40 bits per heavy atom. The van der Waals surface area contributed by atoms with Gasteiger partial charge in [-0.1, -0.05) is 17.7 Å². The number of benzene rings is 1. The van der Waals surface area contributed by atoms with Crippen LogP contribution in [0.3, 0.4) is 0 Å². The van der Waals surface area contributed by atoms with E-state index in [1.807, 2.05) is 0 Å². The van der Waals surface area contributed by atoms with Crippen LogP contribution >= 0.6 is 11.6 Å². The van der Waals surface area contributed by atoms with Crippen LogP contribution in [0.1, 0.15) is 0 Å². The van der Waals surface area contributed by atoms with Gasteiger partial charge in [0.05, 0.1) is 5.02 Å². The van der Waals surface area contributed by atoms with Crippen molar-refractivity contribution in [3.63, 3.8) is 0 Å². The first-order chi connectivity index (χ1) is 6.82. The highest BCUT2D eigenvalue weighted by atomic mass is 35.5. The molecule has 0 fully saturated rings. The minimum atomic E-state index is -3.64. The van der Waals surface area contributed by atoms with E-state index >= 15 is 0 Å². The molecule has 0 radical (unpaired) electrons. The van der Waals surface area contributed by atoms with Crippen molar-refractivity contribution in [1.29, 1.82) is 0 Å². The Bertz CT molecular complexity index is 459. The fourth-order valence-corrected chi connectivity index (χ4v) is 2.08. The van der Waals surface area contributed by atoms with Gasteiger partial charge in [-0.15, -0.1) is 0 Å². The number of rotatable bonds is 3. The summed E-state index contributed by atoms with van der Waals surface area (Å²) in [6.07, 6.45) is 0.886. The lowest BCUT2D eigenvalue weighted by Crippen LogP contribution is -2.07. The Morgan fingerprint density at radius 3 is 2.47 bits per heavy atom. The third kappa shape index (κ3) is 3.04. The maximum atomic E-state index is 12.0. The smallest absolute Gasteiger partial charge is 0.387 e. The van der Waals surface area contributed by atoms with Crippen molar-refractivity contribution in [3.05, 3.63) is 23.2 Å². The van der Waals surface area contributed by atoms with E-state index in [0.717, 1.165) is 12.3 Å². The number of halogens is 3. The average Bonchev–Trinajstić information content (AvgIpc) is 2.05. The number of sulfone groups is 1. The van der Waals surface area contributed by atoms with Crippen LogP contribution in [0.5, 0.6) is 5.75 Å². The molecule has 1 aromatic carbocycles. The SMILES string of the molecule is CS(=O)(=O)c1cccc(Cl)c1OC(F)F. The monoisotopic (exact) mass is 256 g/mol. The lowest BCUT2D eigenvalue weighted by Gasteiger charge is -2.10. The van der Waals surface area contributed by atoms with E-state index in [1.165, 1.54) is 12.1 Å². The fourth-order valence-electron chi connectivity index (χ4n) is 0.984. The molecule has 0 saturated carbocycles. The first-order valence-electron chi connectivity index (χ1n) is 3.75. The third-order valence-electron chi connectivity index (χ3n) is 1.54. The number of hydrogen-bond acceptors (Lipinski definition) is 3. The first-order valence-corrected chi connectivity index (χ1v) is 6.02. The van der Waals surface area contributed by atoms with Crippen LogP contribution in [0.4, 0.5) is 8.78 Å². The maximum absolute atomic E-state index is 12.0.